The lowest BCUT2D eigenvalue weighted by Gasteiger charge is -1.80. The fraction of sp³-hybridized carbons (Fsp3) is 0. The van der Waals surface area contributed by atoms with Crippen LogP contribution in [0.4, 0.5) is 0 Å². The van der Waals surface area contributed by atoms with E-state index < -0.39 is 11.8 Å². The first kappa shape index (κ1) is 14.6. The number of hydrogen-bond acceptors (Lipinski definition) is 4. The average Bonchev–Trinajstić information content (AvgIpc) is 2.93. The highest BCUT2D eigenvalue weighted by molar-refractivity contribution is 5.90. The van der Waals surface area contributed by atoms with Crippen LogP contribution in [0, 0.1) is 0 Å². The number of halogens is 1. The maximum absolute atomic E-state index is 10.2. The Morgan fingerprint density at radius 2 is 1.29 bits per heavy atom. The second kappa shape index (κ2) is 7.01. The molecular weight excluding hydrogens is 248 g/mol. The number of imidazole rings is 2. The molecular formula is C8H11ClN6O2. The third kappa shape index (κ3) is 4.80. The number of nitrogens with one attached hydrogen (secondary N) is 2. The number of nitrogens with zero attached hydrogens (tertiary/aromatic N) is 2. The standard InChI is InChI=1S/2C4H5N3O.ClH/c2*5-4(8)3-1-6-2-7-3;/h2*1-2H,(H2,5,8)(H,6,7);1H. The van der Waals surface area contributed by atoms with E-state index >= 15 is 0 Å². The number of hydrogen-bond donors (Lipinski definition) is 4. The molecule has 0 atom stereocenters. The summed E-state index contributed by atoms with van der Waals surface area (Å²) in [7, 11) is 0. The van der Waals surface area contributed by atoms with Crippen molar-refractivity contribution in [1.82, 2.24) is 19.9 Å². The van der Waals surface area contributed by atoms with Crippen LogP contribution in [0.15, 0.2) is 25.0 Å². The lowest BCUT2D eigenvalue weighted by molar-refractivity contribution is 0.0987. The number of nitrogens with two attached hydrogens (primary N) is 2. The van der Waals surface area contributed by atoms with Crippen molar-refractivity contribution in [3.63, 3.8) is 0 Å². The zero-order valence-corrected chi connectivity index (χ0v) is 9.40. The van der Waals surface area contributed by atoms with Gasteiger partial charge in [-0.3, -0.25) is 9.59 Å². The van der Waals surface area contributed by atoms with Crippen LogP contribution in [0.2, 0.25) is 0 Å². The van der Waals surface area contributed by atoms with Gasteiger partial charge in [-0.1, -0.05) is 0 Å². The summed E-state index contributed by atoms with van der Waals surface area (Å²) < 4.78 is 0. The first-order chi connectivity index (χ1) is 7.61. The summed E-state index contributed by atoms with van der Waals surface area (Å²) in [6.07, 6.45) is 5.56. The number of amides is 2. The van der Waals surface area contributed by atoms with Gasteiger partial charge in [0, 0.05) is 0 Å². The molecule has 0 unspecified atom stereocenters. The van der Waals surface area contributed by atoms with Crippen molar-refractivity contribution >= 4 is 24.2 Å². The lowest BCUT2D eigenvalue weighted by atomic mass is 10.5. The van der Waals surface area contributed by atoms with E-state index in [2.05, 4.69) is 19.9 Å². The molecule has 6 N–H and O–H groups in total. The van der Waals surface area contributed by atoms with E-state index in [9.17, 15) is 9.59 Å². The van der Waals surface area contributed by atoms with E-state index in [0.29, 0.717) is 11.4 Å². The molecule has 0 aromatic carbocycles. The Bertz CT molecular complexity index is 408. The van der Waals surface area contributed by atoms with Gasteiger partial charge in [0.25, 0.3) is 11.8 Å². The van der Waals surface area contributed by atoms with Gasteiger partial charge in [0.2, 0.25) is 0 Å². The minimum atomic E-state index is -0.484. The fourth-order valence-corrected chi connectivity index (χ4v) is 0.781. The minimum absolute atomic E-state index is 0. The van der Waals surface area contributed by atoms with Crippen molar-refractivity contribution < 1.29 is 9.59 Å². The molecule has 92 valence electrons. The summed E-state index contributed by atoms with van der Waals surface area (Å²) in [4.78, 5) is 32.7. The van der Waals surface area contributed by atoms with Crippen LogP contribution in [-0.2, 0) is 0 Å². The third-order valence-corrected chi connectivity index (χ3v) is 1.53. The van der Waals surface area contributed by atoms with Crippen molar-refractivity contribution in [2.75, 3.05) is 0 Å². The van der Waals surface area contributed by atoms with E-state index in [0.717, 1.165) is 0 Å². The highest BCUT2D eigenvalue weighted by atomic mass is 35.5. The topological polar surface area (TPSA) is 144 Å². The van der Waals surface area contributed by atoms with Gasteiger partial charge in [0.1, 0.15) is 11.4 Å². The molecule has 0 radical (unpaired) electrons. The Morgan fingerprint density at radius 3 is 1.41 bits per heavy atom. The normalized spacial score (nSPS) is 8.47. The van der Waals surface area contributed by atoms with Gasteiger partial charge >= 0.3 is 0 Å². The number of primary amides is 2. The molecule has 0 saturated carbocycles. The van der Waals surface area contributed by atoms with E-state index in [1.165, 1.54) is 25.0 Å². The van der Waals surface area contributed by atoms with Gasteiger partial charge < -0.3 is 21.4 Å². The third-order valence-electron chi connectivity index (χ3n) is 1.53. The number of rotatable bonds is 2. The highest BCUT2D eigenvalue weighted by Crippen LogP contribution is 1.85. The summed E-state index contributed by atoms with van der Waals surface area (Å²) in [6, 6.07) is 0. The maximum atomic E-state index is 10.2. The number of carbonyl (C=O) groups excluding carboxylic acids is 2. The second-order valence-corrected chi connectivity index (χ2v) is 2.66. The van der Waals surface area contributed by atoms with Crippen molar-refractivity contribution in [1.29, 1.82) is 0 Å². The van der Waals surface area contributed by atoms with Gasteiger partial charge in [0.05, 0.1) is 25.0 Å². The molecule has 9 heteroatoms. The Hall–Kier alpha value is -2.35. The minimum Gasteiger partial charge on any atom is -0.364 e. The Morgan fingerprint density at radius 1 is 0.941 bits per heavy atom. The first-order valence-electron chi connectivity index (χ1n) is 4.17. The summed E-state index contributed by atoms with van der Waals surface area (Å²) in [5.41, 5.74) is 10.4. The highest BCUT2D eigenvalue weighted by Gasteiger charge is 1.97. The lowest BCUT2D eigenvalue weighted by Crippen LogP contribution is -2.10. The molecule has 17 heavy (non-hydrogen) atoms. The molecule has 0 saturated heterocycles. The van der Waals surface area contributed by atoms with E-state index in [4.69, 9.17) is 11.5 Å². The van der Waals surface area contributed by atoms with E-state index in [1.54, 1.807) is 0 Å². The molecule has 0 fully saturated rings. The number of aromatic nitrogens is 4. The van der Waals surface area contributed by atoms with E-state index in [1.807, 2.05) is 0 Å². The number of H-pyrrole nitrogens is 2. The van der Waals surface area contributed by atoms with Crippen LogP contribution < -0.4 is 11.5 Å². The van der Waals surface area contributed by atoms with Crippen LogP contribution in [0.1, 0.15) is 21.0 Å². The summed E-state index contributed by atoms with van der Waals surface area (Å²) >= 11 is 0. The Labute approximate surface area is 102 Å². The molecule has 2 amide bonds. The zero-order chi connectivity index (χ0) is 12.0. The number of carbonyl (C=O) groups is 2. The molecule has 2 aromatic rings. The molecule has 0 aliphatic heterocycles. The van der Waals surface area contributed by atoms with Crippen molar-refractivity contribution in [3.8, 4) is 0 Å². The van der Waals surface area contributed by atoms with Crippen molar-refractivity contribution in [2.24, 2.45) is 11.5 Å². The Kier molecular flexibility index (Phi) is 6.04. The first-order valence-corrected chi connectivity index (χ1v) is 4.17. The zero-order valence-electron chi connectivity index (χ0n) is 8.58. The maximum Gasteiger partial charge on any atom is 0.266 e. The summed E-state index contributed by atoms with van der Waals surface area (Å²) in [5, 5.41) is 0. The van der Waals surface area contributed by atoms with Crippen LogP contribution in [0.3, 0.4) is 0 Å². The second-order valence-electron chi connectivity index (χ2n) is 2.66. The molecule has 2 heterocycles. The van der Waals surface area contributed by atoms with Gasteiger partial charge in [-0.15, -0.1) is 12.4 Å². The largest absolute Gasteiger partial charge is 0.364 e. The smallest absolute Gasteiger partial charge is 0.266 e. The van der Waals surface area contributed by atoms with Crippen LogP contribution >= 0.6 is 12.4 Å². The average molecular weight is 259 g/mol. The number of aromatic amines is 2. The van der Waals surface area contributed by atoms with Gasteiger partial charge in [-0.2, -0.15) is 0 Å². The molecule has 2 rings (SSSR count). The van der Waals surface area contributed by atoms with Crippen molar-refractivity contribution in [3.05, 3.63) is 36.4 Å². The summed E-state index contributed by atoms with van der Waals surface area (Å²) in [6.45, 7) is 0. The predicted octanol–water partition coefficient (Wildman–Crippen LogP) is -0.561. The molecule has 8 nitrogen and oxygen atoms in total. The van der Waals surface area contributed by atoms with Crippen molar-refractivity contribution in [2.45, 2.75) is 0 Å². The molecule has 2 aromatic heterocycles. The van der Waals surface area contributed by atoms with Gasteiger partial charge in [0.15, 0.2) is 0 Å². The molecule has 0 spiro atoms. The molecule has 0 aliphatic carbocycles. The van der Waals surface area contributed by atoms with Gasteiger partial charge in [-0.05, 0) is 0 Å². The van der Waals surface area contributed by atoms with Crippen LogP contribution in [-0.4, -0.2) is 31.8 Å². The SMILES string of the molecule is Cl.NC(=O)c1cnc[nH]1.NC(=O)c1cnc[nH]1. The van der Waals surface area contributed by atoms with E-state index in [-0.39, 0.29) is 12.4 Å². The predicted molar refractivity (Wildman–Crippen MR) is 61.5 cm³/mol. The van der Waals surface area contributed by atoms with Crippen LogP contribution in [0.25, 0.3) is 0 Å². The molecule has 0 bridgehead atoms. The quantitative estimate of drug-likeness (QED) is 0.572. The Balaban J connectivity index is 0.000000284. The van der Waals surface area contributed by atoms with Gasteiger partial charge in [-0.25, -0.2) is 9.97 Å². The molecule has 0 aliphatic rings. The van der Waals surface area contributed by atoms with Crippen LogP contribution in [0.5, 0.6) is 0 Å². The monoisotopic (exact) mass is 258 g/mol. The summed E-state index contributed by atoms with van der Waals surface area (Å²) in [5.74, 6) is -0.968. The fourth-order valence-electron chi connectivity index (χ4n) is 0.781.